The number of halogens is 1. The molecule has 1 fully saturated rings. The molecule has 5 nitrogen and oxygen atoms in total. The van der Waals surface area contributed by atoms with Crippen molar-refractivity contribution in [1.29, 1.82) is 0 Å². The number of benzene rings is 2. The van der Waals surface area contributed by atoms with Crippen LogP contribution in [0.1, 0.15) is 13.8 Å². The fraction of sp³-hybridized carbons (Fsp3) is 0.304. The van der Waals surface area contributed by atoms with Crippen molar-refractivity contribution in [2.75, 3.05) is 13.1 Å². The normalized spacial score (nSPS) is 19.5. The smallest absolute Gasteiger partial charge is 0.242 e. The first-order valence-electron chi connectivity index (χ1n) is 9.73. The van der Waals surface area contributed by atoms with Crippen LogP contribution in [0.4, 0.5) is 0 Å². The molecule has 29 heavy (non-hydrogen) atoms. The second kappa shape index (κ2) is 8.13. The van der Waals surface area contributed by atoms with Gasteiger partial charge in [0.15, 0.2) is 5.43 Å². The van der Waals surface area contributed by atoms with Crippen molar-refractivity contribution in [3.05, 3.63) is 69.4 Å². The molecule has 6 heteroatoms. The predicted octanol–water partition coefficient (Wildman–Crippen LogP) is 4.07. The van der Waals surface area contributed by atoms with Gasteiger partial charge in [0.25, 0.3) is 0 Å². The number of pyridine rings is 1. The Morgan fingerprint density at radius 3 is 2.48 bits per heavy atom. The molecular weight excluding hydrogens is 432 g/mol. The third kappa shape index (κ3) is 4.14. The van der Waals surface area contributed by atoms with Gasteiger partial charge in [-0.25, -0.2) is 0 Å². The topological polar surface area (TPSA) is 51.5 Å². The Kier molecular flexibility index (Phi) is 5.56. The number of nitrogens with zero attached hydrogens (tertiary/aromatic N) is 2. The van der Waals surface area contributed by atoms with Crippen molar-refractivity contribution < 1.29 is 9.53 Å². The monoisotopic (exact) mass is 454 g/mol. The quantitative estimate of drug-likeness (QED) is 0.599. The number of carbonyl (C=O) groups excluding carboxylic acids is 1. The summed E-state index contributed by atoms with van der Waals surface area (Å²) < 4.78 is 8.50. The Labute approximate surface area is 178 Å². The summed E-state index contributed by atoms with van der Waals surface area (Å²) in [5.41, 5.74) is 2.15. The van der Waals surface area contributed by atoms with Gasteiger partial charge in [-0.15, -0.1) is 0 Å². The molecule has 0 radical (unpaired) electrons. The minimum absolute atomic E-state index is 0.0162. The van der Waals surface area contributed by atoms with Crippen LogP contribution in [0.2, 0.25) is 0 Å². The zero-order valence-electron chi connectivity index (χ0n) is 16.5. The van der Waals surface area contributed by atoms with Gasteiger partial charge >= 0.3 is 0 Å². The fourth-order valence-corrected chi connectivity index (χ4v) is 4.29. The minimum Gasteiger partial charge on any atom is -0.372 e. The molecule has 2 atom stereocenters. The molecular formula is C23H23BrN2O3. The van der Waals surface area contributed by atoms with E-state index in [2.05, 4.69) is 15.9 Å². The Balaban J connectivity index is 1.78. The lowest BCUT2D eigenvalue weighted by atomic mass is 10.0. The lowest BCUT2D eigenvalue weighted by molar-refractivity contribution is -0.143. The van der Waals surface area contributed by atoms with Crippen LogP contribution < -0.4 is 5.43 Å². The molecule has 1 aromatic heterocycles. The second-order valence-corrected chi connectivity index (χ2v) is 8.50. The van der Waals surface area contributed by atoms with Crippen LogP contribution in [0.5, 0.6) is 0 Å². The van der Waals surface area contributed by atoms with Gasteiger partial charge in [0.05, 0.1) is 17.7 Å². The summed E-state index contributed by atoms with van der Waals surface area (Å²) in [6, 6.07) is 15.1. The van der Waals surface area contributed by atoms with Gasteiger partial charge in [-0.2, -0.15) is 0 Å². The summed E-state index contributed by atoms with van der Waals surface area (Å²) in [5.74, 6) is 0.0240. The van der Waals surface area contributed by atoms with Crippen molar-refractivity contribution in [2.24, 2.45) is 0 Å². The van der Waals surface area contributed by atoms with Crippen molar-refractivity contribution in [1.82, 2.24) is 9.47 Å². The van der Waals surface area contributed by atoms with E-state index in [0.717, 1.165) is 15.6 Å². The standard InChI is InChI=1S/C23H23BrN2O3/c1-15-11-26(12-16(2)29-15)22(27)14-25-13-20(17-6-4-3-5-7-17)23(28)19-9-8-18(24)10-21(19)25/h3-10,13,15-16H,11-12,14H2,1-2H3. The summed E-state index contributed by atoms with van der Waals surface area (Å²) >= 11 is 3.49. The molecule has 0 aliphatic carbocycles. The molecule has 2 unspecified atom stereocenters. The maximum Gasteiger partial charge on any atom is 0.242 e. The molecule has 4 rings (SSSR count). The molecule has 1 amide bonds. The minimum atomic E-state index is -0.0315. The average molecular weight is 455 g/mol. The van der Waals surface area contributed by atoms with E-state index in [1.807, 2.05) is 71.8 Å². The summed E-state index contributed by atoms with van der Waals surface area (Å²) in [7, 11) is 0. The van der Waals surface area contributed by atoms with Gasteiger partial charge in [0, 0.05) is 34.7 Å². The van der Waals surface area contributed by atoms with Crippen LogP contribution >= 0.6 is 15.9 Å². The summed E-state index contributed by atoms with van der Waals surface area (Å²) in [4.78, 5) is 28.1. The summed E-state index contributed by atoms with van der Waals surface area (Å²) in [6.07, 6.45) is 1.84. The SMILES string of the molecule is CC1CN(C(=O)Cn2cc(-c3ccccc3)c(=O)c3ccc(Br)cc32)CC(C)O1. The summed E-state index contributed by atoms with van der Waals surface area (Å²) in [5, 5.41) is 0.603. The number of amides is 1. The number of morpholine rings is 1. The van der Waals surface area contributed by atoms with Gasteiger partial charge in [0.2, 0.25) is 5.91 Å². The van der Waals surface area contributed by atoms with Crippen molar-refractivity contribution in [3.63, 3.8) is 0 Å². The van der Waals surface area contributed by atoms with Gasteiger partial charge in [-0.3, -0.25) is 9.59 Å². The molecule has 1 aliphatic heterocycles. The van der Waals surface area contributed by atoms with Gasteiger partial charge in [-0.05, 0) is 37.6 Å². The second-order valence-electron chi connectivity index (χ2n) is 7.58. The lowest BCUT2D eigenvalue weighted by Crippen LogP contribution is -2.49. The van der Waals surface area contributed by atoms with E-state index in [1.165, 1.54) is 0 Å². The Hall–Kier alpha value is -2.44. The number of aromatic nitrogens is 1. The van der Waals surface area contributed by atoms with Crippen LogP contribution in [0, 0.1) is 0 Å². The third-order valence-electron chi connectivity index (χ3n) is 5.21. The molecule has 0 bridgehead atoms. The molecule has 0 saturated carbocycles. The lowest BCUT2D eigenvalue weighted by Gasteiger charge is -2.35. The van der Waals surface area contributed by atoms with Crippen LogP contribution in [-0.4, -0.2) is 40.7 Å². The van der Waals surface area contributed by atoms with Crippen LogP contribution in [0.3, 0.4) is 0 Å². The fourth-order valence-electron chi connectivity index (χ4n) is 3.94. The molecule has 2 aromatic carbocycles. The third-order valence-corrected chi connectivity index (χ3v) is 5.70. The predicted molar refractivity (Wildman–Crippen MR) is 118 cm³/mol. The number of hydrogen-bond acceptors (Lipinski definition) is 3. The number of hydrogen-bond donors (Lipinski definition) is 0. The van der Waals surface area contributed by atoms with E-state index < -0.39 is 0 Å². The van der Waals surface area contributed by atoms with E-state index in [9.17, 15) is 9.59 Å². The number of ether oxygens (including phenoxy) is 1. The molecule has 3 aromatic rings. The molecule has 1 saturated heterocycles. The highest BCUT2D eigenvalue weighted by Crippen LogP contribution is 2.23. The van der Waals surface area contributed by atoms with E-state index in [0.29, 0.717) is 24.0 Å². The largest absolute Gasteiger partial charge is 0.372 e. The van der Waals surface area contributed by atoms with Crippen LogP contribution in [0.15, 0.2) is 64.0 Å². The molecule has 150 valence electrons. The van der Waals surface area contributed by atoms with Crippen molar-refractivity contribution in [2.45, 2.75) is 32.6 Å². The number of rotatable bonds is 3. The highest BCUT2D eigenvalue weighted by Gasteiger charge is 2.26. The van der Waals surface area contributed by atoms with E-state index >= 15 is 0 Å². The average Bonchev–Trinajstić information content (AvgIpc) is 2.70. The van der Waals surface area contributed by atoms with Crippen LogP contribution in [-0.2, 0) is 16.1 Å². The Morgan fingerprint density at radius 1 is 1.10 bits per heavy atom. The molecule has 1 aliphatic rings. The first kappa shape index (κ1) is 19.9. The van der Waals surface area contributed by atoms with E-state index in [-0.39, 0.29) is 30.1 Å². The maximum absolute atomic E-state index is 13.1. The number of fused-ring (bicyclic) bond motifs is 1. The maximum atomic E-state index is 13.1. The molecule has 0 N–H and O–H groups in total. The van der Waals surface area contributed by atoms with Gasteiger partial charge in [-0.1, -0.05) is 46.3 Å². The highest BCUT2D eigenvalue weighted by atomic mass is 79.9. The molecule has 2 heterocycles. The van der Waals surface area contributed by atoms with E-state index in [1.54, 1.807) is 6.20 Å². The van der Waals surface area contributed by atoms with Gasteiger partial charge < -0.3 is 14.2 Å². The highest BCUT2D eigenvalue weighted by molar-refractivity contribution is 9.10. The van der Waals surface area contributed by atoms with Crippen molar-refractivity contribution in [3.8, 4) is 11.1 Å². The first-order chi connectivity index (χ1) is 13.9. The number of carbonyl (C=O) groups is 1. The van der Waals surface area contributed by atoms with Gasteiger partial charge in [0.1, 0.15) is 6.54 Å². The Morgan fingerprint density at radius 2 is 1.79 bits per heavy atom. The van der Waals surface area contributed by atoms with E-state index in [4.69, 9.17) is 4.74 Å². The molecule has 0 spiro atoms. The van der Waals surface area contributed by atoms with Crippen molar-refractivity contribution >= 4 is 32.7 Å². The van der Waals surface area contributed by atoms with Crippen LogP contribution in [0.25, 0.3) is 22.0 Å². The summed E-state index contributed by atoms with van der Waals surface area (Å²) in [6.45, 7) is 5.30. The first-order valence-corrected chi connectivity index (χ1v) is 10.5. The zero-order valence-corrected chi connectivity index (χ0v) is 18.1. The zero-order chi connectivity index (χ0) is 20.5. The Bertz CT molecular complexity index is 1100.